The van der Waals surface area contributed by atoms with E-state index in [1.165, 1.54) is 0 Å². The molecule has 1 aromatic carbocycles. The molecule has 1 fully saturated rings. The Morgan fingerprint density at radius 2 is 1.77 bits per heavy atom. The number of nitrogens with zero attached hydrogens (tertiary/aromatic N) is 2. The van der Waals surface area contributed by atoms with Crippen molar-refractivity contribution in [1.29, 1.82) is 0 Å². The number of carbonyl (C=O) groups excluding carboxylic acids is 2. The third-order valence-electron chi connectivity index (χ3n) is 4.07. The van der Waals surface area contributed by atoms with Crippen molar-refractivity contribution in [3.63, 3.8) is 0 Å². The van der Waals surface area contributed by atoms with Crippen molar-refractivity contribution < 1.29 is 9.59 Å². The highest BCUT2D eigenvalue weighted by molar-refractivity contribution is 6.30. The molecule has 22 heavy (non-hydrogen) atoms. The molecule has 2 amide bonds. The van der Waals surface area contributed by atoms with Crippen LogP contribution in [0.2, 0.25) is 5.02 Å². The molecule has 5 nitrogen and oxygen atoms in total. The lowest BCUT2D eigenvalue weighted by molar-refractivity contribution is -0.132. The Labute approximate surface area is 136 Å². The third-order valence-corrected chi connectivity index (χ3v) is 4.32. The molecule has 1 aromatic rings. The van der Waals surface area contributed by atoms with Gasteiger partial charge in [0.25, 0.3) is 0 Å². The van der Waals surface area contributed by atoms with Gasteiger partial charge in [-0.15, -0.1) is 0 Å². The molecule has 0 bridgehead atoms. The zero-order valence-corrected chi connectivity index (χ0v) is 13.8. The molecule has 0 saturated carbocycles. The normalized spacial score (nSPS) is 17.1. The van der Waals surface area contributed by atoms with Crippen LogP contribution in [0.3, 0.4) is 0 Å². The van der Waals surface area contributed by atoms with Crippen LogP contribution in [0.15, 0.2) is 24.3 Å². The average molecular weight is 324 g/mol. The monoisotopic (exact) mass is 323 g/mol. The molecule has 1 aliphatic heterocycles. The lowest BCUT2D eigenvalue weighted by Crippen LogP contribution is -2.54. The first-order chi connectivity index (χ1) is 10.5. The summed E-state index contributed by atoms with van der Waals surface area (Å²) in [6.07, 6.45) is 0. The molecule has 120 valence electrons. The van der Waals surface area contributed by atoms with Crippen molar-refractivity contribution in [3.05, 3.63) is 34.9 Å². The van der Waals surface area contributed by atoms with Crippen molar-refractivity contribution in [2.24, 2.45) is 0 Å². The molecule has 2 rings (SSSR count). The molecule has 1 atom stereocenters. The summed E-state index contributed by atoms with van der Waals surface area (Å²) in [6.45, 7) is 6.81. The predicted octanol–water partition coefficient (Wildman–Crippen LogP) is 1.51. The molecule has 1 saturated heterocycles. The van der Waals surface area contributed by atoms with E-state index in [-0.39, 0.29) is 17.9 Å². The highest BCUT2D eigenvalue weighted by atomic mass is 35.5. The fourth-order valence-electron chi connectivity index (χ4n) is 2.53. The van der Waals surface area contributed by atoms with Crippen LogP contribution in [-0.4, -0.2) is 53.8 Å². The number of nitrogens with one attached hydrogen (secondary N) is 1. The minimum atomic E-state index is -0.193. The highest BCUT2D eigenvalue weighted by Crippen LogP contribution is 2.10. The van der Waals surface area contributed by atoms with E-state index in [2.05, 4.69) is 10.2 Å². The van der Waals surface area contributed by atoms with E-state index in [4.69, 9.17) is 11.6 Å². The minimum absolute atomic E-state index is 0.00576. The van der Waals surface area contributed by atoms with Gasteiger partial charge in [0.2, 0.25) is 11.8 Å². The van der Waals surface area contributed by atoms with Crippen LogP contribution < -0.4 is 5.32 Å². The Hall–Kier alpha value is -1.59. The highest BCUT2D eigenvalue weighted by Gasteiger charge is 2.26. The van der Waals surface area contributed by atoms with Gasteiger partial charge in [0.15, 0.2) is 0 Å². The van der Waals surface area contributed by atoms with E-state index in [1.54, 1.807) is 6.92 Å². The van der Waals surface area contributed by atoms with E-state index >= 15 is 0 Å². The molecule has 0 aliphatic carbocycles. The van der Waals surface area contributed by atoms with Crippen LogP contribution >= 0.6 is 11.6 Å². The molecule has 1 heterocycles. The molecule has 1 aliphatic rings. The van der Waals surface area contributed by atoms with Crippen LogP contribution in [0.5, 0.6) is 0 Å². The number of hydrogen-bond donors (Lipinski definition) is 1. The topological polar surface area (TPSA) is 52.7 Å². The molecular weight excluding hydrogens is 302 g/mol. The second-order valence-electron chi connectivity index (χ2n) is 5.56. The van der Waals surface area contributed by atoms with Crippen LogP contribution in [0.4, 0.5) is 0 Å². The molecule has 6 heteroatoms. The van der Waals surface area contributed by atoms with E-state index in [1.807, 2.05) is 36.1 Å². The van der Waals surface area contributed by atoms with Gasteiger partial charge >= 0.3 is 0 Å². The number of hydrogen-bond acceptors (Lipinski definition) is 3. The van der Waals surface area contributed by atoms with Crippen molar-refractivity contribution in [2.45, 2.75) is 26.4 Å². The first-order valence-corrected chi connectivity index (χ1v) is 7.87. The van der Waals surface area contributed by atoms with Crippen LogP contribution in [0.25, 0.3) is 0 Å². The summed E-state index contributed by atoms with van der Waals surface area (Å²) < 4.78 is 0. The van der Waals surface area contributed by atoms with E-state index in [0.717, 1.165) is 18.7 Å². The SMILES string of the molecule is CC(=O)N1CCN([C@H](C)C(=O)NCc2ccc(Cl)cc2)CC1. The Bertz CT molecular complexity index is 525. The van der Waals surface area contributed by atoms with Gasteiger partial charge in [-0.05, 0) is 24.6 Å². The second kappa shape index (κ2) is 7.61. The van der Waals surface area contributed by atoms with Gasteiger partial charge in [0, 0.05) is 44.7 Å². The summed E-state index contributed by atoms with van der Waals surface area (Å²) in [7, 11) is 0. The van der Waals surface area contributed by atoms with Gasteiger partial charge in [-0.25, -0.2) is 0 Å². The number of rotatable bonds is 4. The molecule has 0 spiro atoms. The molecule has 1 N–H and O–H groups in total. The van der Waals surface area contributed by atoms with Crippen LogP contribution in [0, 0.1) is 0 Å². The lowest BCUT2D eigenvalue weighted by atomic mass is 10.2. The molecular formula is C16H22ClN3O2. The Kier molecular flexibility index (Phi) is 5.80. The second-order valence-corrected chi connectivity index (χ2v) is 6.00. The molecule has 0 aromatic heterocycles. The van der Waals surface area contributed by atoms with Crippen molar-refractivity contribution in [2.75, 3.05) is 26.2 Å². The Balaban J connectivity index is 1.80. The third kappa shape index (κ3) is 4.45. The van der Waals surface area contributed by atoms with E-state index in [0.29, 0.717) is 24.7 Å². The fraction of sp³-hybridized carbons (Fsp3) is 0.500. The largest absolute Gasteiger partial charge is 0.351 e. The number of halogens is 1. The average Bonchev–Trinajstić information content (AvgIpc) is 2.53. The standard InChI is InChI=1S/C16H22ClN3O2/c1-12(19-7-9-20(10-8-19)13(2)21)16(22)18-11-14-3-5-15(17)6-4-14/h3-6,12H,7-11H2,1-2H3,(H,18,22)/t12-/m1/s1. The Morgan fingerprint density at radius 3 is 2.32 bits per heavy atom. The van der Waals surface area contributed by atoms with Crippen LogP contribution in [0.1, 0.15) is 19.4 Å². The minimum Gasteiger partial charge on any atom is -0.351 e. The fourth-order valence-corrected chi connectivity index (χ4v) is 2.66. The lowest BCUT2D eigenvalue weighted by Gasteiger charge is -2.37. The van der Waals surface area contributed by atoms with Crippen molar-refractivity contribution in [1.82, 2.24) is 15.1 Å². The van der Waals surface area contributed by atoms with Gasteiger partial charge in [-0.3, -0.25) is 14.5 Å². The Morgan fingerprint density at radius 1 is 1.18 bits per heavy atom. The zero-order valence-electron chi connectivity index (χ0n) is 13.0. The van der Waals surface area contributed by atoms with Crippen molar-refractivity contribution >= 4 is 23.4 Å². The van der Waals surface area contributed by atoms with Crippen LogP contribution in [-0.2, 0) is 16.1 Å². The van der Waals surface area contributed by atoms with Gasteiger partial charge in [0.1, 0.15) is 0 Å². The predicted molar refractivity (Wildman–Crippen MR) is 86.6 cm³/mol. The van der Waals surface area contributed by atoms with Gasteiger partial charge in [-0.2, -0.15) is 0 Å². The molecule has 0 unspecified atom stereocenters. The number of piperazine rings is 1. The molecule has 0 radical (unpaired) electrons. The quantitative estimate of drug-likeness (QED) is 0.914. The van der Waals surface area contributed by atoms with E-state index < -0.39 is 0 Å². The zero-order chi connectivity index (χ0) is 16.1. The van der Waals surface area contributed by atoms with Crippen molar-refractivity contribution in [3.8, 4) is 0 Å². The summed E-state index contributed by atoms with van der Waals surface area (Å²) in [6, 6.07) is 7.24. The first kappa shape index (κ1) is 16.8. The first-order valence-electron chi connectivity index (χ1n) is 7.49. The summed E-state index contributed by atoms with van der Waals surface area (Å²) in [5.41, 5.74) is 1.02. The number of amides is 2. The number of carbonyl (C=O) groups is 2. The summed E-state index contributed by atoms with van der Waals surface area (Å²) in [5.74, 6) is 0.103. The smallest absolute Gasteiger partial charge is 0.237 e. The maximum Gasteiger partial charge on any atom is 0.237 e. The van der Waals surface area contributed by atoms with E-state index in [9.17, 15) is 9.59 Å². The summed E-state index contributed by atoms with van der Waals surface area (Å²) in [4.78, 5) is 27.5. The van der Waals surface area contributed by atoms with Gasteiger partial charge in [-0.1, -0.05) is 23.7 Å². The van der Waals surface area contributed by atoms with Gasteiger partial charge in [0.05, 0.1) is 6.04 Å². The van der Waals surface area contributed by atoms with Gasteiger partial charge < -0.3 is 10.2 Å². The summed E-state index contributed by atoms with van der Waals surface area (Å²) >= 11 is 5.84. The summed E-state index contributed by atoms with van der Waals surface area (Å²) in [5, 5.41) is 3.63. The maximum absolute atomic E-state index is 12.2. The number of benzene rings is 1. The maximum atomic E-state index is 12.2.